The molecule has 3 atom stereocenters. The molecule has 2 aromatic carbocycles. The van der Waals surface area contributed by atoms with Crippen LogP contribution < -0.4 is 4.74 Å². The van der Waals surface area contributed by atoms with Gasteiger partial charge in [-0.05, 0) is 80.5 Å². The van der Waals surface area contributed by atoms with Crippen LogP contribution in [-0.2, 0) is 32.7 Å². The summed E-state index contributed by atoms with van der Waals surface area (Å²) < 4.78 is 22.4. The zero-order valence-corrected chi connectivity index (χ0v) is 20.8. The topological polar surface area (TPSA) is 74.2 Å². The van der Waals surface area contributed by atoms with Crippen molar-refractivity contribution < 1.29 is 28.8 Å². The van der Waals surface area contributed by atoms with Crippen LogP contribution in [0.2, 0.25) is 5.02 Å². The average molecular weight is 489 g/mol. The van der Waals surface area contributed by atoms with Crippen molar-refractivity contribution in [3.8, 4) is 5.75 Å². The number of hydrogen-bond acceptors (Lipinski definition) is 6. The van der Waals surface area contributed by atoms with Gasteiger partial charge in [0.2, 0.25) is 0 Å². The van der Waals surface area contributed by atoms with Crippen LogP contribution in [0, 0.1) is 0 Å². The molecule has 1 aliphatic heterocycles. The van der Waals surface area contributed by atoms with E-state index in [1.54, 1.807) is 13.8 Å². The van der Waals surface area contributed by atoms with E-state index < -0.39 is 24.0 Å². The molecular weight excluding hydrogens is 456 g/mol. The number of aliphatic hydroxyl groups is 1. The third-order valence-corrected chi connectivity index (χ3v) is 6.75. The molecule has 1 fully saturated rings. The Morgan fingerprint density at radius 2 is 2.03 bits per heavy atom. The number of aryl methyl sites for hydroxylation is 1. The summed E-state index contributed by atoms with van der Waals surface area (Å²) in [5, 5.41) is 11.4. The predicted molar refractivity (Wildman–Crippen MR) is 130 cm³/mol. The third-order valence-electron chi connectivity index (χ3n) is 6.40. The van der Waals surface area contributed by atoms with Gasteiger partial charge in [0, 0.05) is 17.9 Å². The lowest BCUT2D eigenvalue weighted by Gasteiger charge is -2.41. The van der Waals surface area contributed by atoms with Crippen LogP contribution >= 0.6 is 11.6 Å². The monoisotopic (exact) mass is 488 g/mol. The number of carbonyl (C=O) groups is 1. The highest BCUT2D eigenvalue weighted by Gasteiger charge is 2.47. The van der Waals surface area contributed by atoms with E-state index in [4.69, 9.17) is 30.5 Å². The van der Waals surface area contributed by atoms with Crippen LogP contribution in [-0.4, -0.2) is 42.8 Å². The molecule has 1 aliphatic carbocycles. The lowest BCUT2D eigenvalue weighted by molar-refractivity contribution is -0.179. The van der Waals surface area contributed by atoms with Crippen LogP contribution in [0.5, 0.6) is 5.75 Å². The summed E-state index contributed by atoms with van der Waals surface area (Å²) >= 11 is 6.66. The Hall–Kier alpha value is -2.28. The summed E-state index contributed by atoms with van der Waals surface area (Å²) in [5.74, 6) is 0.848. The van der Waals surface area contributed by atoms with Crippen molar-refractivity contribution in [1.29, 1.82) is 0 Å². The molecule has 7 heteroatoms. The number of aliphatic hydroxyl groups excluding tert-OH is 1. The van der Waals surface area contributed by atoms with Gasteiger partial charge in [-0.25, -0.2) is 4.79 Å². The maximum atomic E-state index is 11.8. The second-order valence-corrected chi connectivity index (χ2v) is 9.82. The second kappa shape index (κ2) is 10.5. The van der Waals surface area contributed by atoms with Gasteiger partial charge in [-0.3, -0.25) is 0 Å². The first-order chi connectivity index (χ1) is 16.3. The Bertz CT molecular complexity index is 1000. The minimum atomic E-state index is -0.719. The molecule has 1 saturated heterocycles. The summed E-state index contributed by atoms with van der Waals surface area (Å²) in [6.07, 6.45) is 1.28. The molecule has 2 unspecified atom stereocenters. The molecule has 1 spiro atoms. The van der Waals surface area contributed by atoms with Crippen molar-refractivity contribution in [2.24, 2.45) is 0 Å². The van der Waals surface area contributed by atoms with Crippen molar-refractivity contribution >= 4 is 17.8 Å². The Morgan fingerprint density at radius 3 is 2.74 bits per heavy atom. The molecule has 34 heavy (non-hydrogen) atoms. The average Bonchev–Trinajstić information content (AvgIpc) is 3.09. The molecule has 1 N–H and O–H groups in total. The number of rotatable bonds is 7. The van der Waals surface area contributed by atoms with E-state index in [1.807, 2.05) is 25.1 Å². The van der Waals surface area contributed by atoms with Crippen LogP contribution in [0.15, 0.2) is 36.4 Å². The molecule has 4 rings (SSSR count). The van der Waals surface area contributed by atoms with Crippen molar-refractivity contribution in [2.45, 2.75) is 76.8 Å². The fourth-order valence-electron chi connectivity index (χ4n) is 4.99. The van der Waals surface area contributed by atoms with E-state index in [9.17, 15) is 9.90 Å². The van der Waals surface area contributed by atoms with Crippen LogP contribution in [0.3, 0.4) is 0 Å². The van der Waals surface area contributed by atoms with E-state index in [-0.39, 0.29) is 12.7 Å². The maximum Gasteiger partial charge on any atom is 0.508 e. The molecule has 0 saturated carbocycles. The highest BCUT2D eigenvalue weighted by Crippen LogP contribution is 2.48. The standard InChI is InChI=1S/C27H33ClO6/c1-4-31-22-7-5-18(6-8-22)11-20-12-24-19(13-25(20)28)9-10-27(24)15-21(29)14-23(34-27)16-32-26(30)33-17(2)3/h5-8,12-13,17,21,23,29H,4,9-11,14-16H2,1-3H3/t21?,23?,27-/m1/s1. The SMILES string of the molecule is CCOc1ccc(Cc2cc3c(cc2Cl)CC[C@@]32CC(O)CC(COC(=O)OC(C)C)O2)cc1. The molecular formula is C27H33ClO6. The van der Waals surface area contributed by atoms with E-state index in [2.05, 4.69) is 18.2 Å². The largest absolute Gasteiger partial charge is 0.508 e. The van der Waals surface area contributed by atoms with Crippen LogP contribution in [0.1, 0.15) is 62.3 Å². The summed E-state index contributed by atoms with van der Waals surface area (Å²) in [7, 11) is 0. The summed E-state index contributed by atoms with van der Waals surface area (Å²) in [5.41, 5.74) is 3.76. The van der Waals surface area contributed by atoms with E-state index >= 15 is 0 Å². The Kier molecular flexibility index (Phi) is 7.70. The van der Waals surface area contributed by atoms with Gasteiger partial charge in [0.1, 0.15) is 12.4 Å². The third kappa shape index (κ3) is 5.68. The van der Waals surface area contributed by atoms with Gasteiger partial charge in [-0.1, -0.05) is 29.8 Å². The number of hydrogen-bond donors (Lipinski definition) is 1. The van der Waals surface area contributed by atoms with Crippen molar-refractivity contribution in [2.75, 3.05) is 13.2 Å². The Labute approximate surface area is 206 Å². The first-order valence-corrected chi connectivity index (χ1v) is 12.4. The molecule has 0 radical (unpaired) electrons. The minimum Gasteiger partial charge on any atom is -0.494 e. The number of ether oxygens (including phenoxy) is 4. The van der Waals surface area contributed by atoms with Crippen LogP contribution in [0.25, 0.3) is 0 Å². The molecule has 6 nitrogen and oxygen atoms in total. The first kappa shape index (κ1) is 24.8. The van der Waals surface area contributed by atoms with E-state index in [0.717, 1.165) is 45.9 Å². The quantitative estimate of drug-likeness (QED) is 0.513. The van der Waals surface area contributed by atoms with Crippen molar-refractivity contribution in [3.63, 3.8) is 0 Å². The number of halogens is 1. The first-order valence-electron chi connectivity index (χ1n) is 12.0. The van der Waals surface area contributed by atoms with Crippen molar-refractivity contribution in [1.82, 2.24) is 0 Å². The zero-order valence-electron chi connectivity index (χ0n) is 20.0. The fourth-order valence-corrected chi connectivity index (χ4v) is 5.25. The highest BCUT2D eigenvalue weighted by atomic mass is 35.5. The Morgan fingerprint density at radius 1 is 1.26 bits per heavy atom. The smallest absolute Gasteiger partial charge is 0.494 e. The summed E-state index contributed by atoms with van der Waals surface area (Å²) in [6, 6.07) is 12.2. The number of fused-ring (bicyclic) bond motifs is 2. The van der Waals surface area contributed by atoms with Gasteiger partial charge in [-0.2, -0.15) is 0 Å². The molecule has 184 valence electrons. The lowest BCUT2D eigenvalue weighted by atomic mass is 9.84. The molecule has 2 aliphatic rings. The molecule has 0 amide bonds. The molecule has 1 heterocycles. The highest BCUT2D eigenvalue weighted by molar-refractivity contribution is 6.31. The summed E-state index contributed by atoms with van der Waals surface area (Å²) in [4.78, 5) is 11.8. The fraction of sp³-hybridized carbons (Fsp3) is 0.519. The van der Waals surface area contributed by atoms with Gasteiger partial charge < -0.3 is 24.1 Å². The molecule has 2 aromatic rings. The van der Waals surface area contributed by atoms with Crippen molar-refractivity contribution in [3.05, 3.63) is 63.7 Å². The predicted octanol–water partition coefficient (Wildman–Crippen LogP) is 5.57. The zero-order chi connectivity index (χ0) is 24.3. The number of carbonyl (C=O) groups excluding carboxylic acids is 1. The van der Waals surface area contributed by atoms with Gasteiger partial charge in [0.15, 0.2) is 0 Å². The summed E-state index contributed by atoms with van der Waals surface area (Å²) in [6.45, 7) is 6.18. The van der Waals surface area contributed by atoms with Crippen LogP contribution in [0.4, 0.5) is 4.79 Å². The Balaban J connectivity index is 1.52. The van der Waals surface area contributed by atoms with Gasteiger partial charge >= 0.3 is 6.16 Å². The molecule has 0 aromatic heterocycles. The van der Waals surface area contributed by atoms with E-state index in [1.165, 1.54) is 0 Å². The van der Waals surface area contributed by atoms with Gasteiger partial charge in [-0.15, -0.1) is 0 Å². The van der Waals surface area contributed by atoms with E-state index in [0.29, 0.717) is 25.9 Å². The molecule has 0 bridgehead atoms. The van der Waals surface area contributed by atoms with Gasteiger partial charge in [0.25, 0.3) is 0 Å². The maximum absolute atomic E-state index is 11.8. The lowest BCUT2D eigenvalue weighted by Crippen LogP contribution is -2.45. The normalized spacial score (nSPS) is 23.7. The second-order valence-electron chi connectivity index (χ2n) is 9.41. The number of benzene rings is 2. The minimum absolute atomic E-state index is 0.0479. The van der Waals surface area contributed by atoms with Gasteiger partial charge in [0.05, 0.1) is 30.5 Å².